The molecule has 0 bridgehead atoms. The molecule has 0 saturated heterocycles. The van der Waals surface area contributed by atoms with E-state index in [1.165, 1.54) is 16.7 Å². The van der Waals surface area contributed by atoms with E-state index in [-0.39, 0.29) is 0 Å². The third kappa shape index (κ3) is 2.24. The quantitative estimate of drug-likeness (QED) is 0.664. The lowest BCUT2D eigenvalue weighted by Crippen LogP contribution is -2.13. The minimum absolute atomic E-state index is 0.594. The van der Waals surface area contributed by atoms with Gasteiger partial charge in [0.05, 0.1) is 0 Å². The Bertz CT molecular complexity index is 439. The van der Waals surface area contributed by atoms with Crippen LogP contribution in [0.25, 0.3) is 5.57 Å². The Kier molecular flexibility index (Phi) is 3.23. The van der Waals surface area contributed by atoms with E-state index in [2.05, 4.69) is 62.0 Å². The van der Waals surface area contributed by atoms with Crippen molar-refractivity contribution >= 4 is 11.8 Å². The molecule has 1 aliphatic heterocycles. The molecule has 0 N–H and O–H groups in total. The first kappa shape index (κ1) is 11.1. The molecule has 0 atom stereocenters. The summed E-state index contributed by atoms with van der Waals surface area (Å²) in [5.74, 6) is 0.594. The van der Waals surface area contributed by atoms with Gasteiger partial charge in [0.15, 0.2) is 6.21 Å². The summed E-state index contributed by atoms with van der Waals surface area (Å²) < 4.78 is 2.24. The van der Waals surface area contributed by atoms with E-state index in [1.54, 1.807) is 0 Å². The molecule has 0 saturated carbocycles. The highest BCUT2D eigenvalue weighted by atomic mass is 14.9. The highest BCUT2D eigenvalue weighted by molar-refractivity contribution is 5.84. The number of nitrogens with zero attached hydrogens (tertiary/aromatic N) is 1. The fourth-order valence-electron chi connectivity index (χ4n) is 2.19. The van der Waals surface area contributed by atoms with Crippen LogP contribution in [-0.2, 0) is 0 Å². The van der Waals surface area contributed by atoms with Crippen molar-refractivity contribution in [2.45, 2.75) is 26.2 Å². The van der Waals surface area contributed by atoms with Crippen LogP contribution in [0.2, 0.25) is 0 Å². The lowest BCUT2D eigenvalue weighted by Gasteiger charge is -2.16. The molecule has 1 aromatic carbocycles. The summed E-state index contributed by atoms with van der Waals surface area (Å²) in [7, 11) is 2.13. The molecular weight excluding hydrogens is 194 g/mol. The van der Waals surface area contributed by atoms with Crippen LogP contribution in [0, 0.1) is 0 Å². The molecule has 0 spiro atoms. The van der Waals surface area contributed by atoms with Gasteiger partial charge in [-0.3, -0.25) is 0 Å². The van der Waals surface area contributed by atoms with E-state index in [4.69, 9.17) is 0 Å². The normalized spacial score (nSPS) is 16.0. The van der Waals surface area contributed by atoms with Gasteiger partial charge in [0.1, 0.15) is 13.6 Å². The van der Waals surface area contributed by atoms with Crippen LogP contribution in [-0.4, -0.2) is 24.4 Å². The Morgan fingerprint density at radius 1 is 1.19 bits per heavy atom. The van der Waals surface area contributed by atoms with Gasteiger partial charge < -0.3 is 0 Å². The maximum Gasteiger partial charge on any atom is 0.163 e. The van der Waals surface area contributed by atoms with Gasteiger partial charge in [-0.15, -0.1) is 0 Å². The largest absolute Gasteiger partial charge is 0.238 e. The van der Waals surface area contributed by atoms with Gasteiger partial charge >= 0.3 is 0 Å². The van der Waals surface area contributed by atoms with Gasteiger partial charge in [0.25, 0.3) is 0 Å². The second kappa shape index (κ2) is 4.65. The second-order valence-corrected chi connectivity index (χ2v) is 4.81. The average Bonchev–Trinajstić information content (AvgIpc) is 2.30. The zero-order valence-corrected chi connectivity index (χ0v) is 10.4. The molecule has 0 aromatic heterocycles. The number of rotatable bonds is 2. The average molecular weight is 214 g/mol. The molecule has 16 heavy (non-hydrogen) atoms. The molecule has 84 valence electrons. The molecule has 0 unspecified atom stereocenters. The molecule has 0 radical (unpaired) electrons. The smallest absolute Gasteiger partial charge is 0.163 e. The maximum atomic E-state index is 2.26. The molecular formula is C15H20N+. The summed E-state index contributed by atoms with van der Waals surface area (Å²) in [6.07, 6.45) is 5.58. The first-order valence-corrected chi connectivity index (χ1v) is 6.02. The number of allylic oxidation sites excluding steroid dienone is 1. The molecule has 0 amide bonds. The molecule has 2 rings (SSSR count). The van der Waals surface area contributed by atoms with Crippen LogP contribution in [0.5, 0.6) is 0 Å². The number of hydrogen-bond acceptors (Lipinski definition) is 0. The number of benzene rings is 1. The van der Waals surface area contributed by atoms with Gasteiger partial charge in [-0.1, -0.05) is 38.1 Å². The highest BCUT2D eigenvalue weighted by Crippen LogP contribution is 2.28. The summed E-state index contributed by atoms with van der Waals surface area (Å²) in [6, 6.07) is 8.78. The standard InChI is InChI=1S/C15H20N/c1-12(2)14-6-4-5-7-15(14)13-8-10-16(3)11-9-13/h4-8,10,12H,9,11H2,1-3H3/q+1. The minimum Gasteiger partial charge on any atom is -0.238 e. The Balaban J connectivity index is 2.41. The minimum atomic E-state index is 0.594. The third-order valence-electron chi connectivity index (χ3n) is 3.19. The molecule has 1 aliphatic rings. The third-order valence-corrected chi connectivity index (χ3v) is 3.19. The lowest BCUT2D eigenvalue weighted by molar-refractivity contribution is -0.491. The van der Waals surface area contributed by atoms with E-state index in [0.29, 0.717) is 5.92 Å². The Hall–Kier alpha value is -1.37. The van der Waals surface area contributed by atoms with Gasteiger partial charge in [0.2, 0.25) is 0 Å². The molecule has 0 aliphatic carbocycles. The fourth-order valence-corrected chi connectivity index (χ4v) is 2.19. The van der Waals surface area contributed by atoms with Crippen molar-refractivity contribution in [3.8, 4) is 0 Å². The van der Waals surface area contributed by atoms with Crippen molar-refractivity contribution in [2.24, 2.45) is 0 Å². The fraction of sp³-hybridized carbons (Fsp3) is 0.400. The summed E-state index contributed by atoms with van der Waals surface area (Å²) in [5, 5.41) is 0. The van der Waals surface area contributed by atoms with Crippen molar-refractivity contribution in [3.63, 3.8) is 0 Å². The van der Waals surface area contributed by atoms with E-state index in [0.717, 1.165) is 13.0 Å². The SMILES string of the molecule is CC(C)c1ccccc1C1=CC=[N+](C)CC1. The summed E-state index contributed by atoms with van der Waals surface area (Å²) >= 11 is 0. The van der Waals surface area contributed by atoms with E-state index in [9.17, 15) is 0 Å². The van der Waals surface area contributed by atoms with E-state index >= 15 is 0 Å². The first-order valence-electron chi connectivity index (χ1n) is 6.02. The predicted molar refractivity (Wildman–Crippen MR) is 70.2 cm³/mol. The van der Waals surface area contributed by atoms with Crippen LogP contribution >= 0.6 is 0 Å². The first-order chi connectivity index (χ1) is 7.68. The molecule has 1 heteroatoms. The molecule has 1 nitrogen and oxygen atoms in total. The van der Waals surface area contributed by atoms with Gasteiger partial charge in [-0.25, -0.2) is 4.58 Å². The summed E-state index contributed by atoms with van der Waals surface area (Å²) in [6.45, 7) is 5.65. The van der Waals surface area contributed by atoms with Gasteiger partial charge in [-0.05, 0) is 22.6 Å². The van der Waals surface area contributed by atoms with Crippen LogP contribution in [0.1, 0.15) is 37.3 Å². The Morgan fingerprint density at radius 3 is 2.56 bits per heavy atom. The number of hydrogen-bond donors (Lipinski definition) is 0. The van der Waals surface area contributed by atoms with Crippen molar-refractivity contribution in [1.82, 2.24) is 0 Å². The molecule has 1 heterocycles. The van der Waals surface area contributed by atoms with Crippen molar-refractivity contribution < 1.29 is 4.58 Å². The summed E-state index contributed by atoms with van der Waals surface area (Å²) in [4.78, 5) is 0. The van der Waals surface area contributed by atoms with Crippen LogP contribution in [0.3, 0.4) is 0 Å². The molecule has 1 aromatic rings. The van der Waals surface area contributed by atoms with E-state index in [1.807, 2.05) is 0 Å². The van der Waals surface area contributed by atoms with Gasteiger partial charge in [-0.2, -0.15) is 0 Å². The zero-order chi connectivity index (χ0) is 11.5. The Morgan fingerprint density at radius 2 is 1.94 bits per heavy atom. The Labute approximate surface area is 98.1 Å². The summed E-state index contributed by atoms with van der Waals surface area (Å²) in [5.41, 5.74) is 4.37. The highest BCUT2D eigenvalue weighted by Gasteiger charge is 2.14. The van der Waals surface area contributed by atoms with Crippen LogP contribution in [0.4, 0.5) is 0 Å². The monoisotopic (exact) mass is 214 g/mol. The predicted octanol–water partition coefficient (Wildman–Crippen LogP) is 3.31. The van der Waals surface area contributed by atoms with Crippen LogP contribution in [0.15, 0.2) is 30.3 Å². The van der Waals surface area contributed by atoms with Crippen molar-refractivity contribution in [3.05, 3.63) is 41.5 Å². The lowest BCUT2D eigenvalue weighted by atomic mass is 9.90. The maximum absolute atomic E-state index is 2.26. The van der Waals surface area contributed by atoms with E-state index < -0.39 is 0 Å². The van der Waals surface area contributed by atoms with Crippen LogP contribution < -0.4 is 0 Å². The van der Waals surface area contributed by atoms with Crippen molar-refractivity contribution in [2.75, 3.05) is 13.6 Å². The topological polar surface area (TPSA) is 3.01 Å². The molecule has 0 fully saturated rings. The van der Waals surface area contributed by atoms with Gasteiger partial charge in [0, 0.05) is 12.5 Å². The zero-order valence-electron chi connectivity index (χ0n) is 10.4. The second-order valence-electron chi connectivity index (χ2n) is 4.81. The van der Waals surface area contributed by atoms with Crippen molar-refractivity contribution in [1.29, 1.82) is 0 Å².